The van der Waals surface area contributed by atoms with Gasteiger partial charge in [0.2, 0.25) is 0 Å². The number of aliphatic hydroxyl groups is 1. The molecule has 4 heteroatoms. The van der Waals surface area contributed by atoms with Crippen LogP contribution in [0.4, 0.5) is 4.39 Å². The smallest absolute Gasteiger partial charge is 0.141 e. The minimum absolute atomic E-state index is 0.189. The molecule has 0 aliphatic rings. The van der Waals surface area contributed by atoms with Crippen LogP contribution in [0.5, 0.6) is 5.75 Å². The average molecular weight is 249 g/mol. The summed E-state index contributed by atoms with van der Waals surface area (Å²) >= 11 is 3.23. The molecule has 1 N–H and O–H groups in total. The van der Waals surface area contributed by atoms with Crippen molar-refractivity contribution in [2.75, 3.05) is 7.11 Å². The Morgan fingerprint density at radius 3 is 2.69 bits per heavy atom. The summed E-state index contributed by atoms with van der Waals surface area (Å²) in [7, 11) is 1.44. The van der Waals surface area contributed by atoms with Gasteiger partial charge in [-0.1, -0.05) is 0 Å². The lowest BCUT2D eigenvalue weighted by Gasteiger charge is -2.11. The number of hydrogen-bond acceptors (Lipinski definition) is 2. The zero-order valence-corrected chi connectivity index (χ0v) is 8.98. The molecule has 0 atom stereocenters. The van der Waals surface area contributed by atoms with Gasteiger partial charge in [0.05, 0.1) is 23.8 Å². The van der Waals surface area contributed by atoms with Gasteiger partial charge < -0.3 is 9.84 Å². The van der Waals surface area contributed by atoms with Gasteiger partial charge in [0.25, 0.3) is 0 Å². The lowest BCUT2D eigenvalue weighted by Crippen LogP contribution is -1.99. The minimum atomic E-state index is -0.414. The van der Waals surface area contributed by atoms with Crippen molar-refractivity contribution in [2.24, 2.45) is 0 Å². The van der Waals surface area contributed by atoms with E-state index in [9.17, 15) is 4.39 Å². The first-order chi connectivity index (χ1) is 6.11. The third kappa shape index (κ3) is 1.84. The van der Waals surface area contributed by atoms with Crippen LogP contribution in [0.25, 0.3) is 0 Å². The van der Waals surface area contributed by atoms with Gasteiger partial charge in [-0.3, -0.25) is 0 Å². The largest absolute Gasteiger partial charge is 0.495 e. The summed E-state index contributed by atoms with van der Waals surface area (Å²) in [6, 6.07) is 1.62. The van der Waals surface area contributed by atoms with E-state index in [0.29, 0.717) is 15.8 Å². The fraction of sp³-hybridized carbons (Fsp3) is 0.333. The number of rotatable bonds is 2. The van der Waals surface area contributed by atoms with Crippen LogP contribution >= 0.6 is 15.9 Å². The quantitative estimate of drug-likeness (QED) is 0.871. The monoisotopic (exact) mass is 248 g/mol. The number of hydrogen-bond donors (Lipinski definition) is 1. The van der Waals surface area contributed by atoms with Crippen molar-refractivity contribution in [3.8, 4) is 5.75 Å². The maximum atomic E-state index is 13.4. The summed E-state index contributed by atoms with van der Waals surface area (Å²) in [6.45, 7) is 1.27. The Balaban J connectivity index is 3.41. The van der Waals surface area contributed by atoms with Crippen LogP contribution in [-0.4, -0.2) is 12.2 Å². The average Bonchev–Trinajstić information content (AvgIpc) is 2.10. The van der Waals surface area contributed by atoms with E-state index in [2.05, 4.69) is 15.9 Å². The van der Waals surface area contributed by atoms with Crippen LogP contribution in [0.3, 0.4) is 0 Å². The fourth-order valence-corrected chi connectivity index (χ4v) is 1.91. The molecule has 0 saturated carbocycles. The van der Waals surface area contributed by atoms with Gasteiger partial charge >= 0.3 is 0 Å². The van der Waals surface area contributed by atoms with E-state index in [4.69, 9.17) is 9.84 Å². The van der Waals surface area contributed by atoms with Crippen LogP contribution in [0.15, 0.2) is 10.5 Å². The maximum absolute atomic E-state index is 13.4. The maximum Gasteiger partial charge on any atom is 0.141 e. The minimum Gasteiger partial charge on any atom is -0.495 e. The molecular formula is C9H10BrFO2. The van der Waals surface area contributed by atoms with Crippen molar-refractivity contribution in [3.05, 3.63) is 27.5 Å². The summed E-state index contributed by atoms with van der Waals surface area (Å²) in [5, 5.41) is 8.94. The third-order valence-corrected chi connectivity index (χ3v) is 2.40. The summed E-state index contributed by atoms with van der Waals surface area (Å²) in [6.07, 6.45) is 0. The highest BCUT2D eigenvalue weighted by atomic mass is 79.9. The molecule has 1 aromatic rings. The van der Waals surface area contributed by atoms with Crippen LogP contribution in [0.2, 0.25) is 0 Å². The van der Waals surface area contributed by atoms with Crippen LogP contribution in [0, 0.1) is 12.7 Å². The van der Waals surface area contributed by atoms with Gasteiger partial charge in [0, 0.05) is 0 Å². The Bertz CT molecular complexity index is 326. The van der Waals surface area contributed by atoms with E-state index < -0.39 is 5.82 Å². The van der Waals surface area contributed by atoms with Crippen molar-refractivity contribution in [3.63, 3.8) is 0 Å². The molecule has 0 unspecified atom stereocenters. The van der Waals surface area contributed by atoms with Crippen molar-refractivity contribution >= 4 is 15.9 Å². The van der Waals surface area contributed by atoms with Crippen molar-refractivity contribution < 1.29 is 14.2 Å². The SMILES string of the molecule is COc1c(Br)cc(C)c(F)c1CO. The molecule has 0 aliphatic heterocycles. The molecule has 0 radical (unpaired) electrons. The molecule has 0 aromatic heterocycles. The topological polar surface area (TPSA) is 29.5 Å². The predicted molar refractivity (Wildman–Crippen MR) is 51.3 cm³/mol. The van der Waals surface area contributed by atoms with E-state index in [0.717, 1.165) is 0 Å². The van der Waals surface area contributed by atoms with Gasteiger partial charge in [-0.2, -0.15) is 0 Å². The lowest BCUT2D eigenvalue weighted by molar-refractivity contribution is 0.266. The van der Waals surface area contributed by atoms with E-state index in [1.165, 1.54) is 7.11 Å². The zero-order chi connectivity index (χ0) is 10.0. The Kier molecular flexibility index (Phi) is 3.27. The highest BCUT2D eigenvalue weighted by Crippen LogP contribution is 2.32. The van der Waals surface area contributed by atoms with Gasteiger partial charge in [0.15, 0.2) is 0 Å². The van der Waals surface area contributed by atoms with Crippen molar-refractivity contribution in [1.29, 1.82) is 0 Å². The summed E-state index contributed by atoms with van der Waals surface area (Å²) in [5.74, 6) is -0.0619. The number of ether oxygens (including phenoxy) is 1. The standard InChI is InChI=1S/C9H10BrFO2/c1-5-3-7(10)9(13-2)6(4-12)8(5)11/h3,12H,4H2,1-2H3. The zero-order valence-electron chi connectivity index (χ0n) is 7.40. The molecule has 0 heterocycles. The number of halogens is 2. The molecule has 1 aromatic carbocycles. The van der Waals surface area contributed by atoms with E-state index >= 15 is 0 Å². The second kappa shape index (κ2) is 4.07. The Labute approximate surface area is 84.5 Å². The summed E-state index contributed by atoms with van der Waals surface area (Å²) in [5.41, 5.74) is 0.672. The number of aliphatic hydroxyl groups excluding tert-OH is 1. The highest BCUT2D eigenvalue weighted by molar-refractivity contribution is 9.10. The summed E-state index contributed by atoms with van der Waals surface area (Å²) in [4.78, 5) is 0. The number of methoxy groups -OCH3 is 1. The molecule has 0 amide bonds. The fourth-order valence-electron chi connectivity index (χ4n) is 1.16. The highest BCUT2D eigenvalue weighted by Gasteiger charge is 2.14. The molecule has 1 rings (SSSR count). The van der Waals surface area contributed by atoms with E-state index in [1.54, 1.807) is 13.0 Å². The molecule has 13 heavy (non-hydrogen) atoms. The lowest BCUT2D eigenvalue weighted by atomic mass is 10.1. The molecular weight excluding hydrogens is 239 g/mol. The van der Waals surface area contributed by atoms with Gasteiger partial charge in [-0.15, -0.1) is 0 Å². The molecule has 0 fully saturated rings. The molecule has 2 nitrogen and oxygen atoms in total. The molecule has 0 saturated heterocycles. The molecule has 0 spiro atoms. The molecule has 0 aliphatic carbocycles. The second-order valence-corrected chi connectivity index (χ2v) is 3.51. The van der Waals surface area contributed by atoms with Crippen molar-refractivity contribution in [1.82, 2.24) is 0 Å². The Morgan fingerprint density at radius 2 is 2.23 bits per heavy atom. The second-order valence-electron chi connectivity index (χ2n) is 2.66. The van der Waals surface area contributed by atoms with E-state index in [1.807, 2.05) is 0 Å². The molecule has 72 valence electrons. The predicted octanol–water partition coefficient (Wildman–Crippen LogP) is 2.40. The first-order valence-corrected chi connectivity index (χ1v) is 4.53. The van der Waals surface area contributed by atoms with Gasteiger partial charge in [0.1, 0.15) is 11.6 Å². The van der Waals surface area contributed by atoms with E-state index in [-0.39, 0.29) is 12.2 Å². The summed E-state index contributed by atoms with van der Waals surface area (Å²) < 4.78 is 19.0. The number of aryl methyl sites for hydroxylation is 1. The first-order valence-electron chi connectivity index (χ1n) is 3.74. The van der Waals surface area contributed by atoms with Gasteiger partial charge in [-0.25, -0.2) is 4.39 Å². The molecule has 0 bridgehead atoms. The number of benzene rings is 1. The van der Waals surface area contributed by atoms with Crippen LogP contribution in [0.1, 0.15) is 11.1 Å². The Morgan fingerprint density at radius 1 is 1.62 bits per heavy atom. The third-order valence-electron chi connectivity index (χ3n) is 1.81. The van der Waals surface area contributed by atoms with Crippen LogP contribution < -0.4 is 4.74 Å². The first kappa shape index (κ1) is 10.5. The van der Waals surface area contributed by atoms with Crippen LogP contribution in [-0.2, 0) is 6.61 Å². The van der Waals surface area contributed by atoms with Gasteiger partial charge in [-0.05, 0) is 34.5 Å². The normalized spacial score (nSPS) is 10.2. The van der Waals surface area contributed by atoms with Crippen molar-refractivity contribution in [2.45, 2.75) is 13.5 Å². The Hall–Kier alpha value is -0.610.